The Balaban J connectivity index is 1.50. The molecule has 8 heteroatoms. The van der Waals surface area contributed by atoms with Crippen molar-refractivity contribution in [2.75, 3.05) is 0 Å². The van der Waals surface area contributed by atoms with Crippen molar-refractivity contribution in [2.45, 2.75) is 6.61 Å². The highest BCUT2D eigenvalue weighted by atomic mass is 79.9. The number of ether oxygens (including phenoxy) is 1. The molecule has 1 aromatic carbocycles. The quantitative estimate of drug-likeness (QED) is 0.498. The minimum atomic E-state index is 0.299. The first-order chi connectivity index (χ1) is 11.8. The lowest BCUT2D eigenvalue weighted by molar-refractivity contribution is 0.292. The molecular formula is C16H11BrN4O2S. The molecule has 4 aromatic rings. The van der Waals surface area contributed by atoms with Gasteiger partial charge < -0.3 is 9.15 Å². The third-order valence-electron chi connectivity index (χ3n) is 3.19. The van der Waals surface area contributed by atoms with Gasteiger partial charge in [-0.15, -0.1) is 10.2 Å². The van der Waals surface area contributed by atoms with Gasteiger partial charge in [0.25, 0.3) is 0 Å². The maximum atomic E-state index is 5.73. The van der Waals surface area contributed by atoms with Gasteiger partial charge in [0.2, 0.25) is 4.96 Å². The van der Waals surface area contributed by atoms with E-state index in [4.69, 9.17) is 9.15 Å². The van der Waals surface area contributed by atoms with E-state index in [0.29, 0.717) is 12.4 Å². The molecule has 0 unspecified atom stereocenters. The molecule has 0 aliphatic rings. The van der Waals surface area contributed by atoms with Gasteiger partial charge in [-0.25, -0.2) is 0 Å². The average Bonchev–Trinajstić information content (AvgIpc) is 3.30. The highest BCUT2D eigenvalue weighted by molar-refractivity contribution is 9.10. The Kier molecular flexibility index (Phi) is 4.14. The lowest BCUT2D eigenvalue weighted by Crippen LogP contribution is -2.02. The van der Waals surface area contributed by atoms with Gasteiger partial charge in [-0.3, -0.25) is 0 Å². The van der Waals surface area contributed by atoms with Gasteiger partial charge in [0.1, 0.15) is 23.1 Å². The summed E-state index contributed by atoms with van der Waals surface area (Å²) in [5.74, 6) is 2.20. The minimum Gasteiger partial charge on any atom is -0.486 e. The summed E-state index contributed by atoms with van der Waals surface area (Å²) in [4.78, 5) is 0.725. The van der Waals surface area contributed by atoms with Gasteiger partial charge >= 0.3 is 0 Å². The summed E-state index contributed by atoms with van der Waals surface area (Å²) in [7, 11) is 0. The van der Waals surface area contributed by atoms with Crippen molar-refractivity contribution in [3.8, 4) is 5.75 Å². The first-order valence-corrected chi connectivity index (χ1v) is 8.70. The van der Waals surface area contributed by atoms with Crippen LogP contribution in [0.5, 0.6) is 5.75 Å². The zero-order valence-electron chi connectivity index (χ0n) is 12.3. The van der Waals surface area contributed by atoms with Gasteiger partial charge in [-0.05, 0) is 48.6 Å². The van der Waals surface area contributed by atoms with Crippen LogP contribution < -0.4 is 4.74 Å². The molecule has 0 saturated heterocycles. The minimum absolute atomic E-state index is 0.299. The van der Waals surface area contributed by atoms with Crippen molar-refractivity contribution in [1.82, 2.24) is 19.8 Å². The zero-order valence-corrected chi connectivity index (χ0v) is 14.7. The second-order valence-electron chi connectivity index (χ2n) is 4.84. The maximum absolute atomic E-state index is 5.73. The molecule has 3 heterocycles. The number of fused-ring (bicyclic) bond motifs is 1. The van der Waals surface area contributed by atoms with Crippen LogP contribution in [0.15, 0.2) is 51.6 Å². The summed E-state index contributed by atoms with van der Waals surface area (Å²) in [5.41, 5.74) is 0. The van der Waals surface area contributed by atoms with Crippen molar-refractivity contribution < 1.29 is 9.15 Å². The van der Waals surface area contributed by atoms with E-state index in [9.17, 15) is 0 Å². The lowest BCUT2D eigenvalue weighted by Gasteiger charge is -2.03. The summed E-state index contributed by atoms with van der Waals surface area (Å²) >= 11 is 4.85. The van der Waals surface area contributed by atoms with Crippen LogP contribution in [0.4, 0.5) is 0 Å². The summed E-state index contributed by atoms with van der Waals surface area (Å²) in [5, 5.41) is 13.6. The summed E-state index contributed by atoms with van der Waals surface area (Å²) < 4.78 is 13.7. The number of nitrogens with zero attached hydrogens (tertiary/aromatic N) is 4. The number of hydrogen-bond donors (Lipinski definition) is 0. The maximum Gasteiger partial charge on any atom is 0.235 e. The van der Waals surface area contributed by atoms with E-state index in [2.05, 4.69) is 31.2 Å². The Labute approximate surface area is 149 Å². The fourth-order valence-corrected chi connectivity index (χ4v) is 3.07. The highest BCUT2D eigenvalue weighted by Crippen LogP contribution is 2.19. The van der Waals surface area contributed by atoms with Crippen LogP contribution in [0.3, 0.4) is 0 Å². The number of halogens is 1. The highest BCUT2D eigenvalue weighted by Gasteiger charge is 2.11. The number of hydrogen-bond acceptors (Lipinski definition) is 6. The first-order valence-electron chi connectivity index (χ1n) is 7.09. The van der Waals surface area contributed by atoms with Gasteiger partial charge in [0.15, 0.2) is 5.82 Å². The van der Waals surface area contributed by atoms with Gasteiger partial charge in [-0.1, -0.05) is 27.3 Å². The summed E-state index contributed by atoms with van der Waals surface area (Å²) in [6, 6.07) is 11.4. The molecule has 0 saturated carbocycles. The van der Waals surface area contributed by atoms with E-state index in [1.807, 2.05) is 48.6 Å². The predicted molar refractivity (Wildman–Crippen MR) is 94.8 cm³/mol. The molecule has 0 amide bonds. The van der Waals surface area contributed by atoms with Crippen LogP contribution in [0.1, 0.15) is 16.6 Å². The molecule has 6 nitrogen and oxygen atoms in total. The second-order valence-corrected chi connectivity index (χ2v) is 6.75. The van der Waals surface area contributed by atoms with Crippen LogP contribution in [-0.2, 0) is 6.61 Å². The topological polar surface area (TPSA) is 65.5 Å². The fraction of sp³-hybridized carbons (Fsp3) is 0.0625. The van der Waals surface area contributed by atoms with Crippen molar-refractivity contribution in [2.24, 2.45) is 0 Å². The number of aromatic nitrogens is 4. The van der Waals surface area contributed by atoms with Gasteiger partial charge in [0.05, 0.1) is 6.26 Å². The number of rotatable bonds is 5. The molecule has 24 heavy (non-hydrogen) atoms. The van der Waals surface area contributed by atoms with E-state index >= 15 is 0 Å². The van der Waals surface area contributed by atoms with E-state index in [-0.39, 0.29) is 0 Å². The SMILES string of the molecule is Brc1ccc(OCc2nnc3sc(/C=C/c4ccco4)nn23)cc1. The Morgan fingerprint density at radius 2 is 2.04 bits per heavy atom. The summed E-state index contributed by atoms with van der Waals surface area (Å²) in [6.07, 6.45) is 5.39. The molecule has 0 N–H and O–H groups in total. The van der Waals surface area contributed by atoms with Crippen LogP contribution in [0, 0.1) is 0 Å². The normalized spacial score (nSPS) is 11.5. The Hall–Kier alpha value is -2.45. The monoisotopic (exact) mass is 402 g/mol. The summed E-state index contributed by atoms with van der Waals surface area (Å²) in [6.45, 7) is 0.299. The number of furan rings is 1. The van der Waals surface area contributed by atoms with E-state index in [1.54, 1.807) is 10.8 Å². The third kappa shape index (κ3) is 3.24. The molecular weight excluding hydrogens is 392 g/mol. The Morgan fingerprint density at radius 1 is 1.17 bits per heavy atom. The van der Waals surface area contributed by atoms with Crippen LogP contribution in [-0.4, -0.2) is 19.8 Å². The Morgan fingerprint density at radius 3 is 2.83 bits per heavy atom. The molecule has 120 valence electrons. The molecule has 0 bridgehead atoms. The van der Waals surface area contributed by atoms with Crippen LogP contribution in [0.2, 0.25) is 0 Å². The smallest absolute Gasteiger partial charge is 0.235 e. The molecule has 3 aromatic heterocycles. The molecule has 0 radical (unpaired) electrons. The molecule has 0 fully saturated rings. The second kappa shape index (κ2) is 6.58. The number of benzene rings is 1. The standard InChI is InChI=1S/C16H11BrN4O2S/c17-11-3-5-13(6-4-11)23-10-14-18-19-16-21(14)20-15(24-16)8-7-12-2-1-9-22-12/h1-9H,10H2/b8-7+. The zero-order chi connectivity index (χ0) is 16.4. The van der Waals surface area contributed by atoms with Crippen molar-refractivity contribution in [3.63, 3.8) is 0 Å². The first kappa shape index (κ1) is 15.1. The molecule has 0 spiro atoms. The lowest BCUT2D eigenvalue weighted by atomic mass is 10.3. The largest absolute Gasteiger partial charge is 0.486 e. The van der Waals surface area contributed by atoms with Crippen LogP contribution in [0.25, 0.3) is 17.1 Å². The fourth-order valence-electron chi connectivity index (χ4n) is 2.05. The van der Waals surface area contributed by atoms with E-state index in [1.165, 1.54) is 11.3 Å². The Bertz CT molecular complexity index is 974. The average molecular weight is 403 g/mol. The van der Waals surface area contributed by atoms with Crippen molar-refractivity contribution in [3.05, 3.63) is 63.7 Å². The molecule has 0 atom stereocenters. The molecule has 0 aliphatic carbocycles. The predicted octanol–water partition coefficient (Wildman–Crippen LogP) is 4.29. The van der Waals surface area contributed by atoms with E-state index < -0.39 is 0 Å². The van der Waals surface area contributed by atoms with Gasteiger partial charge in [0, 0.05) is 4.47 Å². The van der Waals surface area contributed by atoms with Gasteiger partial charge in [-0.2, -0.15) is 9.61 Å². The molecule has 0 aliphatic heterocycles. The van der Waals surface area contributed by atoms with E-state index in [0.717, 1.165) is 26.0 Å². The van der Waals surface area contributed by atoms with Crippen molar-refractivity contribution in [1.29, 1.82) is 0 Å². The van der Waals surface area contributed by atoms with Crippen LogP contribution >= 0.6 is 27.3 Å². The van der Waals surface area contributed by atoms with Crippen molar-refractivity contribution >= 4 is 44.4 Å². The third-order valence-corrected chi connectivity index (χ3v) is 4.58. The molecule has 4 rings (SSSR count).